The smallest absolute Gasteiger partial charge is 0.353 e. The second-order valence-corrected chi connectivity index (χ2v) is 3.55. The summed E-state index contributed by atoms with van der Waals surface area (Å²) in [6.07, 6.45) is -0.602. The quantitative estimate of drug-likeness (QED) is 0.505. The van der Waals surface area contributed by atoms with Gasteiger partial charge in [0.05, 0.1) is 6.42 Å². The van der Waals surface area contributed by atoms with Crippen LogP contribution in [-0.2, 0) is 14.3 Å². The Morgan fingerprint density at radius 1 is 1.38 bits per heavy atom. The van der Waals surface area contributed by atoms with Crippen molar-refractivity contribution in [3.8, 4) is 0 Å². The fourth-order valence-electron chi connectivity index (χ4n) is 0.563. The van der Waals surface area contributed by atoms with Crippen molar-refractivity contribution in [3.05, 3.63) is 0 Å². The van der Waals surface area contributed by atoms with Crippen molar-refractivity contribution in [1.29, 1.82) is 5.41 Å². The van der Waals surface area contributed by atoms with Crippen LogP contribution >= 0.6 is 0 Å². The minimum atomic E-state index is -1.21. The Morgan fingerprint density at radius 3 is 2.15 bits per heavy atom. The molecule has 0 bridgehead atoms. The Morgan fingerprint density at radius 2 is 1.85 bits per heavy atom. The van der Waals surface area contributed by atoms with E-state index in [2.05, 4.69) is 0 Å². The van der Waals surface area contributed by atoms with E-state index in [-0.39, 0.29) is 0 Å². The first-order valence-electron chi connectivity index (χ1n) is 3.75. The molecule has 5 nitrogen and oxygen atoms in total. The first-order chi connectivity index (χ1) is 5.72. The van der Waals surface area contributed by atoms with Gasteiger partial charge in [0.15, 0.2) is 0 Å². The molecular weight excluding hydrogens is 174 g/mol. The molecule has 0 aliphatic rings. The summed E-state index contributed by atoms with van der Waals surface area (Å²) in [5.74, 6) is -2.09. The van der Waals surface area contributed by atoms with E-state index in [4.69, 9.17) is 15.3 Å². The number of carbonyl (C=O) groups excluding carboxylic acids is 1. The summed E-state index contributed by atoms with van der Waals surface area (Å²) >= 11 is 0. The SMILES string of the molecule is CC(C)(C)OC(=O)C(=N)CC(=O)O. The molecule has 0 aliphatic heterocycles. The number of carbonyl (C=O) groups is 2. The number of nitrogens with one attached hydrogen (secondary N) is 1. The molecule has 0 saturated heterocycles. The van der Waals surface area contributed by atoms with Gasteiger partial charge in [0.2, 0.25) is 0 Å². The van der Waals surface area contributed by atoms with E-state index >= 15 is 0 Å². The van der Waals surface area contributed by atoms with Gasteiger partial charge in [-0.25, -0.2) is 4.79 Å². The van der Waals surface area contributed by atoms with Gasteiger partial charge in [0.1, 0.15) is 11.3 Å². The van der Waals surface area contributed by atoms with Crippen LogP contribution in [0.3, 0.4) is 0 Å². The maximum Gasteiger partial charge on any atom is 0.353 e. The molecule has 0 aromatic rings. The Labute approximate surface area is 76.2 Å². The van der Waals surface area contributed by atoms with Gasteiger partial charge in [-0.05, 0) is 20.8 Å². The molecule has 5 heteroatoms. The lowest BCUT2D eigenvalue weighted by atomic mass is 10.2. The molecule has 0 rings (SSSR count). The Kier molecular flexibility index (Phi) is 3.59. The molecule has 0 spiro atoms. The summed E-state index contributed by atoms with van der Waals surface area (Å²) in [6, 6.07) is 0. The molecular formula is C8H13NO4. The van der Waals surface area contributed by atoms with Crippen molar-refractivity contribution in [2.24, 2.45) is 0 Å². The van der Waals surface area contributed by atoms with E-state index in [0.29, 0.717) is 0 Å². The fraction of sp³-hybridized carbons (Fsp3) is 0.625. The van der Waals surface area contributed by atoms with Gasteiger partial charge in [0.25, 0.3) is 0 Å². The molecule has 0 radical (unpaired) electrons. The number of ether oxygens (including phenoxy) is 1. The highest BCUT2D eigenvalue weighted by Gasteiger charge is 2.21. The number of aliphatic carboxylic acids is 1. The lowest BCUT2D eigenvalue weighted by Crippen LogP contribution is -2.29. The van der Waals surface area contributed by atoms with Gasteiger partial charge in [-0.15, -0.1) is 0 Å². The van der Waals surface area contributed by atoms with Crippen LogP contribution in [0, 0.1) is 5.41 Å². The van der Waals surface area contributed by atoms with E-state index in [1.54, 1.807) is 20.8 Å². The van der Waals surface area contributed by atoms with Crippen molar-refractivity contribution in [3.63, 3.8) is 0 Å². The van der Waals surface area contributed by atoms with Crippen LogP contribution < -0.4 is 0 Å². The fourth-order valence-corrected chi connectivity index (χ4v) is 0.563. The standard InChI is InChI=1S/C8H13NO4/c1-8(2,3)13-7(12)5(9)4-6(10)11/h9H,4H2,1-3H3,(H,10,11). The highest BCUT2D eigenvalue weighted by Crippen LogP contribution is 2.07. The largest absolute Gasteiger partial charge is 0.481 e. The number of hydrogen-bond acceptors (Lipinski definition) is 4. The van der Waals surface area contributed by atoms with E-state index in [1.165, 1.54) is 0 Å². The van der Waals surface area contributed by atoms with Crippen LogP contribution in [0.2, 0.25) is 0 Å². The zero-order valence-corrected chi connectivity index (χ0v) is 7.88. The van der Waals surface area contributed by atoms with Gasteiger partial charge in [0, 0.05) is 0 Å². The zero-order valence-electron chi connectivity index (χ0n) is 7.88. The highest BCUT2D eigenvalue weighted by atomic mass is 16.6. The number of hydrogen-bond donors (Lipinski definition) is 2. The first kappa shape index (κ1) is 11.6. The second kappa shape index (κ2) is 4.02. The summed E-state index contributed by atoms with van der Waals surface area (Å²) in [4.78, 5) is 21.1. The van der Waals surface area contributed by atoms with Crippen molar-refractivity contribution in [1.82, 2.24) is 0 Å². The van der Waals surface area contributed by atoms with E-state index in [9.17, 15) is 9.59 Å². The molecule has 0 atom stereocenters. The van der Waals surface area contributed by atoms with Crippen molar-refractivity contribution < 1.29 is 19.4 Å². The normalized spacial score (nSPS) is 10.7. The van der Waals surface area contributed by atoms with E-state index < -0.39 is 29.7 Å². The maximum atomic E-state index is 11.0. The lowest BCUT2D eigenvalue weighted by Gasteiger charge is -2.19. The number of carboxylic acid groups (broad SMARTS) is 1. The van der Waals surface area contributed by atoms with Crippen LogP contribution in [0.25, 0.3) is 0 Å². The summed E-state index contributed by atoms with van der Waals surface area (Å²) < 4.78 is 4.77. The summed E-state index contributed by atoms with van der Waals surface area (Å²) in [5, 5.41) is 15.3. The van der Waals surface area contributed by atoms with Crippen molar-refractivity contribution >= 4 is 17.7 Å². The zero-order chi connectivity index (χ0) is 10.6. The third-order valence-electron chi connectivity index (χ3n) is 0.973. The predicted octanol–water partition coefficient (Wildman–Crippen LogP) is 0.823. The average Bonchev–Trinajstić information content (AvgIpc) is 1.81. The molecule has 0 heterocycles. The van der Waals surface area contributed by atoms with Crippen LogP contribution in [0.5, 0.6) is 0 Å². The molecule has 0 aromatic heterocycles. The summed E-state index contributed by atoms with van der Waals surface area (Å²) in [5.41, 5.74) is -1.23. The monoisotopic (exact) mass is 187 g/mol. The number of esters is 1. The molecule has 0 amide bonds. The lowest BCUT2D eigenvalue weighted by molar-refractivity contribution is -0.147. The maximum absolute atomic E-state index is 11.0. The number of rotatable bonds is 3. The molecule has 74 valence electrons. The van der Waals surface area contributed by atoms with E-state index in [0.717, 1.165) is 0 Å². The van der Waals surface area contributed by atoms with Crippen molar-refractivity contribution in [2.75, 3.05) is 0 Å². The molecule has 0 saturated carbocycles. The van der Waals surface area contributed by atoms with Gasteiger partial charge in [-0.2, -0.15) is 0 Å². The Hall–Kier alpha value is -1.39. The molecule has 0 aliphatic carbocycles. The topological polar surface area (TPSA) is 87.5 Å². The minimum Gasteiger partial charge on any atom is -0.481 e. The Bertz CT molecular complexity index is 239. The molecule has 2 N–H and O–H groups in total. The van der Waals surface area contributed by atoms with Gasteiger partial charge in [-0.1, -0.05) is 0 Å². The van der Waals surface area contributed by atoms with Crippen LogP contribution in [0.1, 0.15) is 27.2 Å². The predicted molar refractivity (Wildman–Crippen MR) is 45.8 cm³/mol. The van der Waals surface area contributed by atoms with Crippen LogP contribution in [-0.4, -0.2) is 28.4 Å². The molecule has 0 unspecified atom stereocenters. The third-order valence-corrected chi connectivity index (χ3v) is 0.973. The molecule has 13 heavy (non-hydrogen) atoms. The molecule has 0 aromatic carbocycles. The first-order valence-corrected chi connectivity index (χ1v) is 3.75. The van der Waals surface area contributed by atoms with Crippen LogP contribution in [0.4, 0.5) is 0 Å². The second-order valence-electron chi connectivity index (χ2n) is 3.55. The summed E-state index contributed by atoms with van der Waals surface area (Å²) in [7, 11) is 0. The summed E-state index contributed by atoms with van der Waals surface area (Å²) in [6.45, 7) is 4.96. The van der Waals surface area contributed by atoms with Gasteiger partial charge >= 0.3 is 11.9 Å². The van der Waals surface area contributed by atoms with Crippen LogP contribution in [0.15, 0.2) is 0 Å². The van der Waals surface area contributed by atoms with Gasteiger partial charge < -0.3 is 9.84 Å². The molecule has 0 fully saturated rings. The minimum absolute atomic E-state index is 0.539. The number of carboxylic acids is 1. The average molecular weight is 187 g/mol. The van der Waals surface area contributed by atoms with Gasteiger partial charge in [-0.3, -0.25) is 10.2 Å². The van der Waals surface area contributed by atoms with E-state index in [1.807, 2.05) is 0 Å². The third kappa shape index (κ3) is 5.84. The van der Waals surface area contributed by atoms with Crippen molar-refractivity contribution in [2.45, 2.75) is 32.8 Å². The highest BCUT2D eigenvalue weighted by molar-refractivity contribution is 6.38. The Balaban J connectivity index is 4.13.